The summed E-state index contributed by atoms with van der Waals surface area (Å²) in [5.41, 5.74) is 1.87. The van der Waals surface area contributed by atoms with Crippen LogP contribution in [0.4, 0.5) is 10.2 Å². The maximum absolute atomic E-state index is 13.7. The van der Waals surface area contributed by atoms with E-state index in [2.05, 4.69) is 46.7 Å². The molecule has 2 atom stereocenters. The number of aromatic nitrogens is 3. The molecule has 5 heterocycles. The van der Waals surface area contributed by atoms with Gasteiger partial charge in [-0.3, -0.25) is 9.88 Å². The van der Waals surface area contributed by atoms with E-state index in [9.17, 15) is 4.39 Å². The van der Waals surface area contributed by atoms with Gasteiger partial charge in [-0.1, -0.05) is 0 Å². The Morgan fingerprint density at radius 1 is 1.08 bits per heavy atom. The highest BCUT2D eigenvalue weighted by atomic mass is 79.9. The van der Waals surface area contributed by atoms with Crippen LogP contribution in [0.3, 0.4) is 0 Å². The van der Waals surface area contributed by atoms with E-state index in [1.54, 1.807) is 18.5 Å². The molecule has 3 fully saturated rings. The van der Waals surface area contributed by atoms with E-state index >= 15 is 0 Å². The van der Waals surface area contributed by atoms with Gasteiger partial charge in [0.05, 0.1) is 11.2 Å². The second kappa shape index (κ2) is 6.25. The number of piperazine rings is 1. The number of benzene rings is 1. The third-order valence-corrected chi connectivity index (χ3v) is 5.73. The second-order valence-corrected chi connectivity index (χ2v) is 7.89. The number of rotatable bonds is 3. The van der Waals surface area contributed by atoms with Crippen molar-refractivity contribution < 1.29 is 4.39 Å². The van der Waals surface area contributed by atoms with Crippen LogP contribution in [-0.2, 0) is 6.54 Å². The molecule has 3 saturated heterocycles. The maximum atomic E-state index is 13.7. The van der Waals surface area contributed by atoms with Crippen LogP contribution < -0.4 is 4.90 Å². The van der Waals surface area contributed by atoms with E-state index < -0.39 is 0 Å². The summed E-state index contributed by atoms with van der Waals surface area (Å²) in [5, 5.41) is 0.797. The molecule has 0 radical (unpaired) electrons. The molecule has 26 heavy (non-hydrogen) atoms. The minimum atomic E-state index is -0.248. The average Bonchev–Trinajstić information content (AvgIpc) is 2.64. The molecule has 3 aromatic rings. The third-order valence-electron chi connectivity index (χ3n) is 5.26. The minimum absolute atomic E-state index is 0.248. The standard InChI is InChI=1S/C19H17BrFN5/c20-12-1-3-14(22-7-12)8-25-9-15-6-16(10-25)26(15)19-17-5-13(21)2-4-18(17)23-11-24-19/h1-5,7,11,15-16H,6,8-10H2. The van der Waals surface area contributed by atoms with Gasteiger partial charge >= 0.3 is 0 Å². The fourth-order valence-corrected chi connectivity index (χ4v) is 4.36. The molecular formula is C19H17BrFN5. The number of anilines is 1. The van der Waals surface area contributed by atoms with Crippen LogP contribution in [0.1, 0.15) is 12.1 Å². The van der Waals surface area contributed by atoms with Gasteiger partial charge in [-0.25, -0.2) is 14.4 Å². The highest BCUT2D eigenvalue weighted by Gasteiger charge is 2.45. The van der Waals surface area contributed by atoms with Crippen LogP contribution >= 0.6 is 15.9 Å². The van der Waals surface area contributed by atoms with Crippen molar-refractivity contribution in [2.75, 3.05) is 18.0 Å². The monoisotopic (exact) mass is 413 g/mol. The molecule has 0 aliphatic carbocycles. The Morgan fingerprint density at radius 3 is 2.69 bits per heavy atom. The zero-order chi connectivity index (χ0) is 17.7. The molecule has 132 valence electrons. The average molecular weight is 414 g/mol. The number of piperidine rings is 1. The van der Waals surface area contributed by atoms with Gasteiger partial charge in [0.1, 0.15) is 18.0 Å². The second-order valence-electron chi connectivity index (χ2n) is 6.97. The molecular weight excluding hydrogens is 397 g/mol. The molecule has 0 N–H and O–H groups in total. The van der Waals surface area contributed by atoms with E-state index in [1.165, 1.54) is 6.07 Å². The summed E-state index contributed by atoms with van der Waals surface area (Å²) in [4.78, 5) is 18.0. The molecule has 2 aromatic heterocycles. The molecule has 5 nitrogen and oxygen atoms in total. The van der Waals surface area contributed by atoms with E-state index in [1.807, 2.05) is 12.3 Å². The van der Waals surface area contributed by atoms with Crippen molar-refractivity contribution in [1.82, 2.24) is 19.9 Å². The van der Waals surface area contributed by atoms with Crippen molar-refractivity contribution in [3.05, 3.63) is 58.8 Å². The van der Waals surface area contributed by atoms with E-state index in [0.29, 0.717) is 12.1 Å². The van der Waals surface area contributed by atoms with E-state index in [-0.39, 0.29) is 5.82 Å². The van der Waals surface area contributed by atoms with Crippen LogP contribution in [0.5, 0.6) is 0 Å². The topological polar surface area (TPSA) is 45.2 Å². The van der Waals surface area contributed by atoms with Crippen molar-refractivity contribution in [3.63, 3.8) is 0 Å². The summed E-state index contributed by atoms with van der Waals surface area (Å²) in [7, 11) is 0. The fraction of sp³-hybridized carbons (Fsp3) is 0.316. The number of hydrogen-bond acceptors (Lipinski definition) is 5. The van der Waals surface area contributed by atoms with Crippen LogP contribution in [0, 0.1) is 5.82 Å². The van der Waals surface area contributed by atoms with Gasteiger partial charge in [0.2, 0.25) is 0 Å². The van der Waals surface area contributed by atoms with Crippen molar-refractivity contribution in [3.8, 4) is 0 Å². The number of hydrogen-bond donors (Lipinski definition) is 0. The highest BCUT2D eigenvalue weighted by molar-refractivity contribution is 9.10. The summed E-state index contributed by atoms with van der Waals surface area (Å²) in [6.45, 7) is 2.79. The number of halogens is 2. The lowest BCUT2D eigenvalue weighted by Gasteiger charge is -2.57. The Morgan fingerprint density at radius 2 is 1.92 bits per heavy atom. The smallest absolute Gasteiger partial charge is 0.140 e. The predicted octanol–water partition coefficient (Wildman–Crippen LogP) is 3.39. The lowest BCUT2D eigenvalue weighted by Crippen LogP contribution is -2.69. The predicted molar refractivity (Wildman–Crippen MR) is 101 cm³/mol. The Labute approximate surface area is 159 Å². The van der Waals surface area contributed by atoms with Gasteiger partial charge in [-0.05, 0) is 52.7 Å². The molecule has 0 spiro atoms. The zero-order valence-corrected chi connectivity index (χ0v) is 15.6. The first-order valence-corrected chi connectivity index (χ1v) is 9.48. The molecule has 3 aliphatic heterocycles. The van der Waals surface area contributed by atoms with Gasteiger partial charge in [0, 0.05) is 47.8 Å². The SMILES string of the molecule is Fc1ccc2ncnc(N3C4CC3CN(Cc3ccc(Br)cn3)C4)c2c1. The Balaban J connectivity index is 1.37. The first kappa shape index (κ1) is 16.1. The first-order valence-electron chi connectivity index (χ1n) is 8.69. The molecule has 2 unspecified atom stereocenters. The third kappa shape index (κ3) is 2.75. The van der Waals surface area contributed by atoms with Crippen molar-refractivity contribution in [2.24, 2.45) is 0 Å². The van der Waals surface area contributed by atoms with Gasteiger partial charge < -0.3 is 4.90 Å². The molecule has 6 rings (SSSR count). The first-order chi connectivity index (χ1) is 12.7. The Kier molecular flexibility index (Phi) is 3.86. The number of pyridine rings is 1. The Bertz CT molecular complexity index is 952. The van der Waals surface area contributed by atoms with Crippen LogP contribution in [0.2, 0.25) is 0 Å². The molecule has 2 bridgehead atoms. The van der Waals surface area contributed by atoms with Crippen molar-refractivity contribution in [2.45, 2.75) is 25.0 Å². The fourth-order valence-electron chi connectivity index (χ4n) is 4.12. The van der Waals surface area contributed by atoms with Gasteiger partial charge in [0.25, 0.3) is 0 Å². The largest absolute Gasteiger partial charge is 0.347 e. The lowest BCUT2D eigenvalue weighted by atomic mass is 9.87. The summed E-state index contributed by atoms with van der Waals surface area (Å²) in [5.74, 6) is 0.610. The number of fused-ring (bicyclic) bond motifs is 3. The van der Waals surface area contributed by atoms with E-state index in [4.69, 9.17) is 0 Å². The molecule has 7 heteroatoms. The van der Waals surface area contributed by atoms with Gasteiger partial charge in [-0.2, -0.15) is 0 Å². The van der Waals surface area contributed by atoms with Crippen LogP contribution in [-0.4, -0.2) is 45.0 Å². The molecule has 0 saturated carbocycles. The quantitative estimate of drug-likeness (QED) is 0.658. The van der Waals surface area contributed by atoms with Crippen LogP contribution in [0.15, 0.2) is 47.3 Å². The molecule has 0 amide bonds. The zero-order valence-electron chi connectivity index (χ0n) is 14.0. The minimum Gasteiger partial charge on any atom is -0.347 e. The molecule has 1 aromatic carbocycles. The number of nitrogens with zero attached hydrogens (tertiary/aromatic N) is 5. The summed E-state index contributed by atoms with van der Waals surface area (Å²) >= 11 is 3.42. The summed E-state index contributed by atoms with van der Waals surface area (Å²) in [6.07, 6.45) is 4.58. The Hall–Kier alpha value is -2.12. The summed E-state index contributed by atoms with van der Waals surface area (Å²) in [6, 6.07) is 9.61. The molecule has 3 aliphatic rings. The normalized spacial score (nSPS) is 22.5. The van der Waals surface area contributed by atoms with Crippen LogP contribution in [0.25, 0.3) is 10.9 Å². The van der Waals surface area contributed by atoms with E-state index in [0.717, 1.165) is 52.9 Å². The van der Waals surface area contributed by atoms with Gasteiger partial charge in [0.15, 0.2) is 0 Å². The highest BCUT2D eigenvalue weighted by Crippen LogP contribution is 2.39. The maximum Gasteiger partial charge on any atom is 0.140 e. The lowest BCUT2D eigenvalue weighted by molar-refractivity contribution is 0.107. The van der Waals surface area contributed by atoms with Gasteiger partial charge in [-0.15, -0.1) is 0 Å². The summed E-state index contributed by atoms with van der Waals surface area (Å²) < 4.78 is 14.7. The van der Waals surface area contributed by atoms with Crippen molar-refractivity contribution >= 4 is 32.7 Å². The van der Waals surface area contributed by atoms with Crippen molar-refractivity contribution in [1.29, 1.82) is 0 Å².